The van der Waals surface area contributed by atoms with Crippen LogP contribution < -0.4 is 9.62 Å². The Labute approximate surface area is 249 Å². The second kappa shape index (κ2) is 13.8. The molecule has 1 unspecified atom stereocenters. The number of non-ortho nitro benzene ring substituents is 1. The van der Waals surface area contributed by atoms with Crippen LogP contribution in [0.25, 0.3) is 0 Å². The van der Waals surface area contributed by atoms with E-state index in [-0.39, 0.29) is 40.3 Å². The molecule has 0 saturated heterocycles. The van der Waals surface area contributed by atoms with E-state index in [4.69, 9.17) is 23.2 Å². The highest BCUT2D eigenvalue weighted by molar-refractivity contribution is 7.92. The predicted molar refractivity (Wildman–Crippen MR) is 158 cm³/mol. The number of benzene rings is 3. The van der Waals surface area contributed by atoms with Crippen molar-refractivity contribution in [2.75, 3.05) is 10.8 Å². The summed E-state index contributed by atoms with van der Waals surface area (Å²) in [5.74, 6) is -1.11. The molecule has 3 aromatic rings. The molecule has 0 aliphatic carbocycles. The molecule has 3 rings (SSSR count). The van der Waals surface area contributed by atoms with Gasteiger partial charge in [0.15, 0.2) is 0 Å². The molecular formula is C28H30Cl2N4O6S. The fraction of sp³-hybridized carbons (Fsp3) is 0.286. The number of carbonyl (C=O) groups excluding carboxylic acids is 2. The van der Waals surface area contributed by atoms with Gasteiger partial charge in [0.05, 0.1) is 25.6 Å². The van der Waals surface area contributed by atoms with E-state index in [0.29, 0.717) is 10.6 Å². The summed E-state index contributed by atoms with van der Waals surface area (Å²) in [6.45, 7) is 4.50. The summed E-state index contributed by atoms with van der Waals surface area (Å²) in [7, 11) is -4.36. The van der Waals surface area contributed by atoms with Gasteiger partial charge in [0, 0.05) is 24.7 Å². The number of amides is 2. The number of sulfonamides is 1. The van der Waals surface area contributed by atoms with Crippen molar-refractivity contribution in [3.63, 3.8) is 0 Å². The third kappa shape index (κ3) is 7.96. The Morgan fingerprint density at radius 1 is 0.976 bits per heavy atom. The third-order valence-corrected chi connectivity index (χ3v) is 8.62. The number of halogens is 2. The van der Waals surface area contributed by atoms with E-state index in [1.54, 1.807) is 45.0 Å². The van der Waals surface area contributed by atoms with Crippen molar-refractivity contribution < 1.29 is 22.9 Å². The Morgan fingerprint density at radius 2 is 1.66 bits per heavy atom. The lowest BCUT2D eigenvalue weighted by Gasteiger charge is -2.33. The fourth-order valence-corrected chi connectivity index (χ4v) is 5.89. The van der Waals surface area contributed by atoms with Gasteiger partial charge in [-0.1, -0.05) is 60.5 Å². The molecule has 0 fully saturated rings. The number of rotatable bonds is 12. The van der Waals surface area contributed by atoms with Crippen LogP contribution in [0, 0.1) is 10.1 Å². The molecule has 0 bridgehead atoms. The Morgan fingerprint density at radius 3 is 2.24 bits per heavy atom. The largest absolute Gasteiger partial charge is 0.352 e. The number of hydrogen-bond acceptors (Lipinski definition) is 6. The lowest BCUT2D eigenvalue weighted by atomic mass is 10.1. The Bertz CT molecular complexity index is 1520. The maximum Gasteiger partial charge on any atom is 0.271 e. The average Bonchev–Trinajstić information content (AvgIpc) is 2.93. The predicted octanol–water partition coefficient (Wildman–Crippen LogP) is 5.43. The minimum atomic E-state index is -4.36. The van der Waals surface area contributed by atoms with Gasteiger partial charge in [0.1, 0.15) is 12.6 Å². The first kappa shape index (κ1) is 31.9. The maximum absolute atomic E-state index is 14.0. The van der Waals surface area contributed by atoms with Crippen molar-refractivity contribution in [3.05, 3.63) is 98.5 Å². The summed E-state index contributed by atoms with van der Waals surface area (Å²) in [4.78, 5) is 39.2. The van der Waals surface area contributed by atoms with Crippen LogP contribution in [0.5, 0.6) is 0 Å². The van der Waals surface area contributed by atoms with Gasteiger partial charge in [-0.2, -0.15) is 0 Å². The van der Waals surface area contributed by atoms with Crippen LogP contribution in [0.1, 0.15) is 32.8 Å². The summed E-state index contributed by atoms with van der Waals surface area (Å²) in [6.07, 6.45) is 0.230. The van der Waals surface area contributed by atoms with Gasteiger partial charge in [-0.25, -0.2) is 8.42 Å². The lowest BCUT2D eigenvalue weighted by Crippen LogP contribution is -2.53. The number of nitrogens with one attached hydrogen (secondary N) is 1. The molecule has 0 aromatic heterocycles. The monoisotopic (exact) mass is 620 g/mol. The van der Waals surface area contributed by atoms with Crippen molar-refractivity contribution >= 4 is 56.4 Å². The van der Waals surface area contributed by atoms with Crippen molar-refractivity contribution in [3.8, 4) is 0 Å². The van der Waals surface area contributed by atoms with Crippen LogP contribution in [0.2, 0.25) is 10.0 Å². The van der Waals surface area contributed by atoms with Crippen LogP contribution in [0.3, 0.4) is 0 Å². The quantitative estimate of drug-likeness (QED) is 0.212. The van der Waals surface area contributed by atoms with Crippen molar-refractivity contribution in [1.29, 1.82) is 0 Å². The van der Waals surface area contributed by atoms with Crippen LogP contribution in [-0.4, -0.2) is 48.7 Å². The first-order valence-electron chi connectivity index (χ1n) is 12.7. The summed E-state index contributed by atoms with van der Waals surface area (Å²) in [5.41, 5.74) is 0.139. The molecule has 1 atom stereocenters. The molecule has 3 aromatic carbocycles. The van der Waals surface area contributed by atoms with Crippen LogP contribution >= 0.6 is 23.2 Å². The molecule has 41 heavy (non-hydrogen) atoms. The standard InChI is InChI=1S/C28H30Cl2N4O6S/c1-4-26(28(36)31-19(2)3)32(17-20-13-14-24(29)25(30)15-20)27(35)18-33(21-9-8-10-22(16-21)34(37)38)41(39,40)23-11-6-5-7-12-23/h5-16,19,26H,4,17-18H2,1-3H3,(H,31,36). The van der Waals surface area contributed by atoms with E-state index in [0.717, 1.165) is 10.4 Å². The van der Waals surface area contributed by atoms with E-state index in [9.17, 15) is 28.1 Å². The van der Waals surface area contributed by atoms with Gasteiger partial charge in [-0.05, 0) is 56.2 Å². The summed E-state index contributed by atoms with van der Waals surface area (Å²) in [6, 6.07) is 16.0. The van der Waals surface area contributed by atoms with Crippen LogP contribution in [-0.2, 0) is 26.2 Å². The Hall–Kier alpha value is -3.67. The Balaban J connectivity index is 2.11. The van der Waals surface area contributed by atoms with Crippen LogP contribution in [0.4, 0.5) is 11.4 Å². The zero-order valence-corrected chi connectivity index (χ0v) is 25.0. The summed E-state index contributed by atoms with van der Waals surface area (Å²) < 4.78 is 28.4. The molecule has 10 nitrogen and oxygen atoms in total. The van der Waals surface area contributed by atoms with Gasteiger partial charge in [-0.15, -0.1) is 0 Å². The van der Waals surface area contributed by atoms with E-state index in [1.165, 1.54) is 47.4 Å². The second-order valence-electron chi connectivity index (χ2n) is 9.46. The molecule has 2 amide bonds. The van der Waals surface area contributed by atoms with Crippen molar-refractivity contribution in [2.45, 2.75) is 50.7 Å². The average molecular weight is 622 g/mol. The lowest BCUT2D eigenvalue weighted by molar-refractivity contribution is -0.384. The van der Waals surface area contributed by atoms with E-state index in [1.807, 2.05) is 0 Å². The minimum absolute atomic E-state index is 0.0755. The highest BCUT2D eigenvalue weighted by Gasteiger charge is 2.34. The summed E-state index contributed by atoms with van der Waals surface area (Å²) in [5, 5.41) is 14.8. The van der Waals surface area contributed by atoms with Crippen molar-refractivity contribution in [1.82, 2.24) is 10.2 Å². The number of nitro benzene ring substituents is 1. The zero-order chi connectivity index (χ0) is 30.3. The second-order valence-corrected chi connectivity index (χ2v) is 12.1. The van der Waals surface area contributed by atoms with E-state index >= 15 is 0 Å². The van der Waals surface area contributed by atoms with Crippen LogP contribution in [0.15, 0.2) is 77.7 Å². The van der Waals surface area contributed by atoms with Gasteiger partial charge in [0.2, 0.25) is 11.8 Å². The molecule has 218 valence electrons. The summed E-state index contributed by atoms with van der Waals surface area (Å²) >= 11 is 12.3. The maximum atomic E-state index is 14.0. The fourth-order valence-electron chi connectivity index (χ4n) is 4.15. The minimum Gasteiger partial charge on any atom is -0.352 e. The molecule has 13 heteroatoms. The first-order valence-corrected chi connectivity index (χ1v) is 14.9. The molecule has 0 spiro atoms. The van der Waals surface area contributed by atoms with Gasteiger partial charge in [0.25, 0.3) is 15.7 Å². The van der Waals surface area contributed by atoms with Crippen molar-refractivity contribution in [2.24, 2.45) is 0 Å². The smallest absolute Gasteiger partial charge is 0.271 e. The highest BCUT2D eigenvalue weighted by atomic mass is 35.5. The number of hydrogen-bond donors (Lipinski definition) is 1. The number of nitrogens with zero attached hydrogens (tertiary/aromatic N) is 3. The number of nitro groups is 1. The Kier molecular flexibility index (Phi) is 10.7. The molecule has 0 heterocycles. The number of carbonyl (C=O) groups is 2. The highest BCUT2D eigenvalue weighted by Crippen LogP contribution is 2.28. The normalized spacial score (nSPS) is 12.0. The van der Waals surface area contributed by atoms with Gasteiger partial charge >= 0.3 is 0 Å². The topological polar surface area (TPSA) is 130 Å². The molecular weight excluding hydrogens is 591 g/mol. The first-order chi connectivity index (χ1) is 19.3. The SMILES string of the molecule is CCC(C(=O)NC(C)C)N(Cc1ccc(Cl)c(Cl)c1)C(=O)CN(c1cccc([N+](=O)[O-])c1)S(=O)(=O)c1ccccc1. The van der Waals surface area contributed by atoms with Gasteiger partial charge < -0.3 is 10.2 Å². The molecule has 0 aliphatic heterocycles. The zero-order valence-electron chi connectivity index (χ0n) is 22.7. The number of anilines is 1. The molecule has 0 saturated carbocycles. The third-order valence-electron chi connectivity index (χ3n) is 6.09. The van der Waals surface area contributed by atoms with E-state index in [2.05, 4.69) is 5.32 Å². The molecule has 1 N–H and O–H groups in total. The molecule has 0 aliphatic rings. The van der Waals surface area contributed by atoms with E-state index < -0.39 is 39.3 Å². The van der Waals surface area contributed by atoms with Gasteiger partial charge in [-0.3, -0.25) is 24.0 Å². The molecule has 0 radical (unpaired) electrons.